The molecule has 0 spiro atoms. The Morgan fingerprint density at radius 1 is 1.19 bits per heavy atom. The Morgan fingerprint density at radius 2 is 2.00 bits per heavy atom. The second kappa shape index (κ2) is 6.33. The second-order valence-electron chi connectivity index (χ2n) is 4.63. The summed E-state index contributed by atoms with van der Waals surface area (Å²) in [5.74, 6) is 0.887. The van der Waals surface area contributed by atoms with Gasteiger partial charge < -0.3 is 10.1 Å². The molecule has 21 heavy (non-hydrogen) atoms. The van der Waals surface area contributed by atoms with Crippen LogP contribution in [-0.4, -0.2) is 11.6 Å². The topological polar surface area (TPSA) is 34.1 Å². The van der Waals surface area contributed by atoms with Gasteiger partial charge in [-0.05, 0) is 48.9 Å². The number of hydrogen-bond acceptors (Lipinski definition) is 4. The van der Waals surface area contributed by atoms with Crippen molar-refractivity contribution in [2.45, 2.75) is 13.3 Å². The fraction of sp³-hybridized carbons (Fsp3) is 0.188. The Kier molecular flexibility index (Phi) is 4.27. The molecule has 0 aliphatic rings. The van der Waals surface area contributed by atoms with Gasteiger partial charge in [-0.2, -0.15) is 0 Å². The van der Waals surface area contributed by atoms with Crippen LogP contribution in [0.3, 0.4) is 0 Å². The summed E-state index contributed by atoms with van der Waals surface area (Å²) in [7, 11) is 0. The summed E-state index contributed by atoms with van der Waals surface area (Å²) in [5.41, 5.74) is 1.94. The highest BCUT2D eigenvalue weighted by Crippen LogP contribution is 2.30. The SMILES string of the molecule is CCCOc1ccc(Nc2nc3ccc(Cl)cc3s2)cc1. The van der Waals surface area contributed by atoms with Crippen molar-refractivity contribution >= 4 is 44.0 Å². The third kappa shape index (κ3) is 3.46. The highest BCUT2D eigenvalue weighted by molar-refractivity contribution is 7.22. The molecule has 3 aromatic rings. The van der Waals surface area contributed by atoms with E-state index < -0.39 is 0 Å². The van der Waals surface area contributed by atoms with E-state index in [1.165, 1.54) is 0 Å². The van der Waals surface area contributed by atoms with Gasteiger partial charge in [0.05, 0.1) is 16.8 Å². The largest absolute Gasteiger partial charge is 0.494 e. The molecule has 0 fully saturated rings. The molecule has 0 unspecified atom stereocenters. The lowest BCUT2D eigenvalue weighted by Crippen LogP contribution is -1.95. The summed E-state index contributed by atoms with van der Waals surface area (Å²) < 4.78 is 6.64. The highest BCUT2D eigenvalue weighted by atomic mass is 35.5. The molecule has 1 aromatic heterocycles. The number of aromatic nitrogens is 1. The number of fused-ring (bicyclic) bond motifs is 1. The monoisotopic (exact) mass is 318 g/mol. The molecule has 3 nitrogen and oxygen atoms in total. The smallest absolute Gasteiger partial charge is 0.188 e. The van der Waals surface area contributed by atoms with Crippen LogP contribution in [0, 0.1) is 0 Å². The minimum atomic E-state index is 0.732. The van der Waals surface area contributed by atoms with Gasteiger partial charge in [0.15, 0.2) is 5.13 Å². The lowest BCUT2D eigenvalue weighted by Gasteiger charge is -2.06. The standard InChI is InChI=1S/C16H15ClN2OS/c1-2-9-20-13-6-4-12(5-7-13)18-16-19-14-8-3-11(17)10-15(14)21-16/h3-8,10H,2,9H2,1H3,(H,18,19). The zero-order valence-corrected chi connectivity index (χ0v) is 13.2. The van der Waals surface area contributed by atoms with E-state index in [4.69, 9.17) is 16.3 Å². The van der Waals surface area contributed by atoms with Crippen LogP contribution in [0.4, 0.5) is 10.8 Å². The molecule has 0 aliphatic heterocycles. The van der Waals surface area contributed by atoms with Crippen LogP contribution >= 0.6 is 22.9 Å². The normalized spacial score (nSPS) is 10.8. The Balaban J connectivity index is 1.75. The fourth-order valence-corrected chi connectivity index (χ4v) is 3.09. The Labute approximate surface area is 132 Å². The number of ether oxygens (including phenoxy) is 1. The van der Waals surface area contributed by atoms with E-state index in [9.17, 15) is 0 Å². The Morgan fingerprint density at radius 3 is 2.76 bits per heavy atom. The molecule has 0 atom stereocenters. The maximum Gasteiger partial charge on any atom is 0.188 e. The predicted molar refractivity (Wildman–Crippen MR) is 90.1 cm³/mol. The van der Waals surface area contributed by atoms with E-state index in [0.717, 1.165) is 44.8 Å². The summed E-state index contributed by atoms with van der Waals surface area (Å²) in [5, 5.41) is 4.89. The Bertz CT molecular complexity index is 740. The second-order valence-corrected chi connectivity index (χ2v) is 6.10. The molecule has 5 heteroatoms. The molecule has 108 valence electrons. The van der Waals surface area contributed by atoms with E-state index in [0.29, 0.717) is 0 Å². The summed E-state index contributed by atoms with van der Waals surface area (Å²) in [6.07, 6.45) is 1.01. The molecule has 2 aromatic carbocycles. The molecular weight excluding hydrogens is 304 g/mol. The lowest BCUT2D eigenvalue weighted by molar-refractivity contribution is 0.317. The number of hydrogen-bond donors (Lipinski definition) is 1. The molecule has 0 saturated heterocycles. The zero-order chi connectivity index (χ0) is 14.7. The number of thiazole rings is 1. The van der Waals surface area contributed by atoms with Gasteiger partial charge in [0.1, 0.15) is 5.75 Å². The number of rotatable bonds is 5. The summed E-state index contributed by atoms with van der Waals surface area (Å²) in [6.45, 7) is 2.83. The van der Waals surface area contributed by atoms with Crippen molar-refractivity contribution < 1.29 is 4.74 Å². The van der Waals surface area contributed by atoms with Crippen LogP contribution in [0.2, 0.25) is 5.02 Å². The average Bonchev–Trinajstić information content (AvgIpc) is 2.88. The number of nitrogens with one attached hydrogen (secondary N) is 1. The van der Waals surface area contributed by atoms with Gasteiger partial charge >= 0.3 is 0 Å². The molecule has 0 amide bonds. The first-order valence-electron chi connectivity index (χ1n) is 6.80. The number of halogens is 1. The van der Waals surface area contributed by atoms with Gasteiger partial charge in [-0.15, -0.1) is 0 Å². The molecule has 1 heterocycles. The van der Waals surface area contributed by atoms with Gasteiger partial charge in [-0.3, -0.25) is 0 Å². The average molecular weight is 319 g/mol. The van der Waals surface area contributed by atoms with Crippen molar-refractivity contribution in [2.24, 2.45) is 0 Å². The minimum Gasteiger partial charge on any atom is -0.494 e. The third-order valence-corrected chi connectivity index (χ3v) is 4.10. The van der Waals surface area contributed by atoms with E-state index in [-0.39, 0.29) is 0 Å². The van der Waals surface area contributed by atoms with E-state index in [1.807, 2.05) is 42.5 Å². The summed E-state index contributed by atoms with van der Waals surface area (Å²) >= 11 is 7.58. The van der Waals surface area contributed by atoms with Crippen LogP contribution in [0.25, 0.3) is 10.2 Å². The molecule has 3 rings (SSSR count). The van der Waals surface area contributed by atoms with Crippen molar-refractivity contribution in [1.82, 2.24) is 4.98 Å². The van der Waals surface area contributed by atoms with Crippen LogP contribution in [0.15, 0.2) is 42.5 Å². The van der Waals surface area contributed by atoms with Crippen LogP contribution in [0.5, 0.6) is 5.75 Å². The molecule has 0 bridgehead atoms. The summed E-state index contributed by atoms with van der Waals surface area (Å²) in [4.78, 5) is 4.54. The highest BCUT2D eigenvalue weighted by Gasteiger charge is 2.05. The first-order chi connectivity index (χ1) is 10.2. The summed E-state index contributed by atoms with van der Waals surface area (Å²) in [6, 6.07) is 13.6. The first-order valence-corrected chi connectivity index (χ1v) is 8.00. The Hall–Kier alpha value is -1.78. The van der Waals surface area contributed by atoms with E-state index in [1.54, 1.807) is 11.3 Å². The van der Waals surface area contributed by atoms with Gasteiger partial charge in [0.2, 0.25) is 0 Å². The number of benzene rings is 2. The maximum absolute atomic E-state index is 5.99. The van der Waals surface area contributed by atoms with E-state index >= 15 is 0 Å². The van der Waals surface area contributed by atoms with Crippen molar-refractivity contribution in [3.05, 3.63) is 47.5 Å². The van der Waals surface area contributed by atoms with Crippen LogP contribution in [0.1, 0.15) is 13.3 Å². The van der Waals surface area contributed by atoms with Crippen LogP contribution < -0.4 is 10.1 Å². The quantitative estimate of drug-likeness (QED) is 0.676. The molecule has 0 aliphatic carbocycles. The number of nitrogens with zero attached hydrogens (tertiary/aromatic N) is 1. The molecular formula is C16H15ClN2OS. The maximum atomic E-state index is 5.99. The fourth-order valence-electron chi connectivity index (χ4n) is 1.93. The third-order valence-electron chi connectivity index (χ3n) is 2.93. The van der Waals surface area contributed by atoms with Crippen molar-refractivity contribution in [3.8, 4) is 5.75 Å². The van der Waals surface area contributed by atoms with E-state index in [2.05, 4.69) is 17.2 Å². The minimum absolute atomic E-state index is 0.732. The zero-order valence-electron chi connectivity index (χ0n) is 11.6. The van der Waals surface area contributed by atoms with Gasteiger partial charge in [0, 0.05) is 10.7 Å². The first kappa shape index (κ1) is 14.2. The van der Waals surface area contributed by atoms with Crippen LogP contribution in [-0.2, 0) is 0 Å². The number of anilines is 2. The lowest BCUT2D eigenvalue weighted by atomic mass is 10.3. The molecule has 0 radical (unpaired) electrons. The van der Waals surface area contributed by atoms with Gasteiger partial charge in [0.25, 0.3) is 0 Å². The van der Waals surface area contributed by atoms with Crippen molar-refractivity contribution in [3.63, 3.8) is 0 Å². The van der Waals surface area contributed by atoms with Gasteiger partial charge in [-0.25, -0.2) is 4.98 Å². The van der Waals surface area contributed by atoms with Crippen molar-refractivity contribution in [1.29, 1.82) is 0 Å². The van der Waals surface area contributed by atoms with Crippen molar-refractivity contribution in [2.75, 3.05) is 11.9 Å². The predicted octanol–water partition coefficient (Wildman–Crippen LogP) is 5.48. The molecule has 0 saturated carbocycles. The molecule has 1 N–H and O–H groups in total. The van der Waals surface area contributed by atoms with Gasteiger partial charge in [-0.1, -0.05) is 29.9 Å².